The topological polar surface area (TPSA) is 41.9 Å². The van der Waals surface area contributed by atoms with Crippen LogP contribution in [-0.4, -0.2) is 36.7 Å². The number of hydrogen-bond donors (Lipinski definition) is 0. The van der Waals surface area contributed by atoms with E-state index in [1.165, 1.54) is 12.8 Å². The molecular weight excluding hydrogens is 260 g/mol. The predicted molar refractivity (Wildman–Crippen MR) is 78.2 cm³/mol. The number of aliphatic imine (C=N–C) groups is 1. The molecular formula is C14H18N2O2S. The highest BCUT2D eigenvalue weighted by Gasteiger charge is 2.30. The molecule has 0 radical (unpaired) electrons. The van der Waals surface area contributed by atoms with Crippen LogP contribution >= 0.6 is 11.9 Å². The molecule has 4 nitrogen and oxygen atoms in total. The molecule has 1 aliphatic carbocycles. The quantitative estimate of drug-likeness (QED) is 0.628. The van der Waals surface area contributed by atoms with Crippen molar-refractivity contribution in [1.82, 2.24) is 4.31 Å². The van der Waals surface area contributed by atoms with E-state index in [-0.39, 0.29) is 0 Å². The number of carbonyl (C=O) groups excluding carboxylic acids is 1. The maximum Gasteiger partial charge on any atom is 0.150 e. The normalized spacial score (nSPS) is 16.4. The summed E-state index contributed by atoms with van der Waals surface area (Å²) in [5.41, 5.74) is 1.59. The first kappa shape index (κ1) is 14.1. The summed E-state index contributed by atoms with van der Waals surface area (Å²) in [5.74, 6) is 0. The number of hydrogen-bond acceptors (Lipinski definition) is 5. The molecule has 0 N–H and O–H groups in total. The predicted octanol–water partition coefficient (Wildman–Crippen LogP) is 3.30. The van der Waals surface area contributed by atoms with E-state index in [0.29, 0.717) is 11.6 Å². The second-order valence-corrected chi connectivity index (χ2v) is 5.39. The summed E-state index contributed by atoms with van der Waals surface area (Å²) in [6.07, 6.45) is 5.26. The first-order chi connectivity index (χ1) is 9.28. The van der Waals surface area contributed by atoms with Gasteiger partial charge in [0.05, 0.1) is 10.6 Å². The number of benzene rings is 1. The van der Waals surface area contributed by atoms with Gasteiger partial charge >= 0.3 is 0 Å². The molecule has 0 bridgehead atoms. The second-order valence-electron chi connectivity index (χ2n) is 4.35. The lowest BCUT2D eigenvalue weighted by molar-refractivity contribution is 0.112. The molecule has 5 heteroatoms. The molecule has 1 aromatic carbocycles. The van der Waals surface area contributed by atoms with Crippen molar-refractivity contribution in [3.8, 4) is 0 Å². The Hall–Kier alpha value is -1.33. The van der Waals surface area contributed by atoms with Gasteiger partial charge in [-0.25, -0.2) is 4.99 Å². The van der Waals surface area contributed by atoms with Crippen molar-refractivity contribution in [3.63, 3.8) is 0 Å². The molecule has 0 amide bonds. The van der Waals surface area contributed by atoms with Gasteiger partial charge in [-0.3, -0.25) is 9.10 Å². The average molecular weight is 278 g/mol. The van der Waals surface area contributed by atoms with E-state index in [9.17, 15) is 4.79 Å². The lowest BCUT2D eigenvalue weighted by atomic mass is 10.2. The van der Waals surface area contributed by atoms with E-state index in [0.717, 1.165) is 23.5 Å². The van der Waals surface area contributed by atoms with Gasteiger partial charge in [0.15, 0.2) is 0 Å². The summed E-state index contributed by atoms with van der Waals surface area (Å²) in [7, 11) is 1.68. The standard InChI is InChI=1S/C11H10N2OS.C3H8O/c14-6-8-1-4-11-10(5-8)12-7-13(15-11)9-2-3-9;1-3-4-2/h1,4-7,9H,2-3H2;3H2,1-2H3. The molecule has 1 heterocycles. The SMILES string of the molecule is CCOC.O=Cc1ccc2c(c1)N=CN(C1CC1)S2. The molecule has 19 heavy (non-hydrogen) atoms. The van der Waals surface area contributed by atoms with Crippen LogP contribution in [0.15, 0.2) is 28.1 Å². The minimum absolute atomic E-state index is 0.664. The number of aldehydes is 1. The van der Waals surface area contributed by atoms with Crippen molar-refractivity contribution in [1.29, 1.82) is 0 Å². The van der Waals surface area contributed by atoms with Crippen molar-refractivity contribution < 1.29 is 9.53 Å². The second kappa shape index (κ2) is 6.73. The fourth-order valence-electron chi connectivity index (χ4n) is 1.54. The minimum atomic E-state index is 0.664. The van der Waals surface area contributed by atoms with Gasteiger partial charge in [0, 0.05) is 25.3 Å². The third-order valence-electron chi connectivity index (χ3n) is 2.83. The molecule has 1 aromatic rings. The lowest BCUT2D eigenvalue weighted by Gasteiger charge is -2.22. The van der Waals surface area contributed by atoms with Crippen LogP contribution in [0.25, 0.3) is 0 Å². The molecule has 0 saturated heterocycles. The van der Waals surface area contributed by atoms with Crippen molar-refractivity contribution in [2.45, 2.75) is 30.7 Å². The van der Waals surface area contributed by atoms with Crippen LogP contribution < -0.4 is 0 Å². The van der Waals surface area contributed by atoms with Crippen LogP contribution in [-0.2, 0) is 4.74 Å². The molecule has 2 aliphatic rings. The van der Waals surface area contributed by atoms with Gasteiger partial charge in [-0.1, -0.05) is 6.07 Å². The van der Waals surface area contributed by atoms with Crippen LogP contribution in [0.2, 0.25) is 0 Å². The Morgan fingerprint density at radius 3 is 2.84 bits per heavy atom. The molecule has 0 unspecified atom stereocenters. The number of ether oxygens (including phenoxy) is 1. The van der Waals surface area contributed by atoms with Crippen LogP contribution in [0, 0.1) is 0 Å². The number of nitrogens with zero attached hydrogens (tertiary/aromatic N) is 2. The summed E-state index contributed by atoms with van der Waals surface area (Å²) >= 11 is 1.71. The first-order valence-corrected chi connectivity index (χ1v) is 7.14. The number of carbonyl (C=O) groups is 1. The van der Waals surface area contributed by atoms with E-state index in [2.05, 4.69) is 14.0 Å². The summed E-state index contributed by atoms with van der Waals surface area (Å²) in [5, 5.41) is 0. The van der Waals surface area contributed by atoms with E-state index >= 15 is 0 Å². The zero-order valence-corrected chi connectivity index (χ0v) is 12.0. The van der Waals surface area contributed by atoms with Gasteiger partial charge in [-0.05, 0) is 43.8 Å². The molecule has 1 fully saturated rings. The minimum Gasteiger partial charge on any atom is -0.385 e. The van der Waals surface area contributed by atoms with Crippen molar-refractivity contribution in [3.05, 3.63) is 23.8 Å². The third kappa shape index (κ3) is 3.81. The van der Waals surface area contributed by atoms with Gasteiger partial charge in [0.1, 0.15) is 12.6 Å². The zero-order chi connectivity index (χ0) is 13.7. The van der Waals surface area contributed by atoms with Gasteiger partial charge in [-0.2, -0.15) is 0 Å². The Balaban J connectivity index is 0.000000297. The Morgan fingerprint density at radius 1 is 1.53 bits per heavy atom. The van der Waals surface area contributed by atoms with Crippen molar-refractivity contribution >= 4 is 30.3 Å². The van der Waals surface area contributed by atoms with Crippen LogP contribution in [0.4, 0.5) is 5.69 Å². The maximum atomic E-state index is 10.6. The van der Waals surface area contributed by atoms with Crippen molar-refractivity contribution in [2.75, 3.05) is 13.7 Å². The average Bonchev–Trinajstić information content (AvgIpc) is 3.31. The number of rotatable bonds is 3. The Kier molecular flexibility index (Phi) is 4.99. The highest BCUT2D eigenvalue weighted by molar-refractivity contribution is 7.97. The summed E-state index contributed by atoms with van der Waals surface area (Å²) in [4.78, 5) is 16.1. The van der Waals surface area contributed by atoms with Crippen LogP contribution in [0.1, 0.15) is 30.1 Å². The Labute approximate surface area is 118 Å². The summed E-state index contributed by atoms with van der Waals surface area (Å²) in [6, 6.07) is 6.30. The van der Waals surface area contributed by atoms with E-state index in [4.69, 9.17) is 0 Å². The molecule has 0 atom stereocenters. The highest BCUT2D eigenvalue weighted by atomic mass is 32.2. The smallest absolute Gasteiger partial charge is 0.150 e. The molecule has 3 rings (SSSR count). The van der Waals surface area contributed by atoms with Gasteiger partial charge in [0.25, 0.3) is 0 Å². The van der Waals surface area contributed by atoms with E-state index in [1.807, 2.05) is 31.5 Å². The van der Waals surface area contributed by atoms with Gasteiger partial charge < -0.3 is 4.74 Å². The first-order valence-electron chi connectivity index (χ1n) is 6.37. The zero-order valence-electron chi connectivity index (χ0n) is 11.2. The molecule has 0 spiro atoms. The summed E-state index contributed by atoms with van der Waals surface area (Å²) < 4.78 is 6.74. The van der Waals surface area contributed by atoms with E-state index in [1.54, 1.807) is 19.1 Å². The number of fused-ring (bicyclic) bond motifs is 1. The maximum absolute atomic E-state index is 10.6. The lowest BCUT2D eigenvalue weighted by Crippen LogP contribution is -2.17. The molecule has 1 aliphatic heterocycles. The molecule has 1 saturated carbocycles. The molecule has 0 aromatic heterocycles. The van der Waals surface area contributed by atoms with Crippen LogP contribution in [0.5, 0.6) is 0 Å². The molecule has 102 valence electrons. The Bertz CT molecular complexity index is 471. The fourth-order valence-corrected chi connectivity index (χ4v) is 2.56. The number of methoxy groups -OCH3 is 1. The Morgan fingerprint density at radius 2 is 2.26 bits per heavy atom. The van der Waals surface area contributed by atoms with Crippen LogP contribution in [0.3, 0.4) is 0 Å². The largest absolute Gasteiger partial charge is 0.385 e. The summed E-state index contributed by atoms with van der Waals surface area (Å²) in [6.45, 7) is 2.78. The van der Waals surface area contributed by atoms with Gasteiger partial charge in [-0.15, -0.1) is 0 Å². The van der Waals surface area contributed by atoms with Gasteiger partial charge in [0.2, 0.25) is 0 Å². The fraction of sp³-hybridized carbons (Fsp3) is 0.429. The monoisotopic (exact) mass is 278 g/mol. The highest BCUT2D eigenvalue weighted by Crippen LogP contribution is 2.41. The third-order valence-corrected chi connectivity index (χ3v) is 3.97. The van der Waals surface area contributed by atoms with E-state index < -0.39 is 0 Å². The van der Waals surface area contributed by atoms with Crippen molar-refractivity contribution in [2.24, 2.45) is 4.99 Å².